The van der Waals surface area contributed by atoms with Crippen LogP contribution in [0.1, 0.15) is 54.9 Å². The predicted molar refractivity (Wildman–Crippen MR) is 178 cm³/mol. The van der Waals surface area contributed by atoms with Gasteiger partial charge in [-0.25, -0.2) is 8.78 Å². The number of benzene rings is 2. The quantitative estimate of drug-likeness (QED) is 0.210. The number of nitrogens with zero attached hydrogens (tertiary/aromatic N) is 8. The molecular formula is C32H30Br2F2N8O3. The predicted octanol–water partition coefficient (Wildman–Crippen LogP) is 5.53. The molecule has 244 valence electrons. The largest absolute Gasteiger partial charge is 0.381 e. The van der Waals surface area contributed by atoms with Crippen LogP contribution in [0.3, 0.4) is 0 Å². The molecule has 15 heteroatoms. The summed E-state index contributed by atoms with van der Waals surface area (Å²) in [5.74, 6) is 1.12. The number of aryl methyl sites for hydroxylation is 1. The average Bonchev–Trinajstić information content (AvgIpc) is 3.67. The maximum atomic E-state index is 13.4. The van der Waals surface area contributed by atoms with Crippen molar-refractivity contribution in [1.29, 1.82) is 0 Å². The van der Waals surface area contributed by atoms with Gasteiger partial charge in [-0.15, -0.1) is 20.4 Å². The van der Waals surface area contributed by atoms with Crippen molar-refractivity contribution < 1.29 is 13.5 Å². The molecule has 0 N–H and O–H groups in total. The maximum Gasteiger partial charge on any atom is 0.297 e. The van der Waals surface area contributed by atoms with Crippen LogP contribution in [0.4, 0.5) is 8.78 Å². The van der Waals surface area contributed by atoms with Crippen LogP contribution in [-0.2, 0) is 24.2 Å². The molecule has 1 aliphatic rings. The van der Waals surface area contributed by atoms with Gasteiger partial charge in [-0.2, -0.15) is 0 Å². The molecule has 47 heavy (non-hydrogen) atoms. The van der Waals surface area contributed by atoms with Gasteiger partial charge in [0.15, 0.2) is 0 Å². The lowest BCUT2D eigenvalue weighted by atomic mass is 10.00. The van der Waals surface area contributed by atoms with Gasteiger partial charge >= 0.3 is 0 Å². The number of hydrogen-bond acceptors (Lipinski definition) is 7. The van der Waals surface area contributed by atoms with Gasteiger partial charge in [0.25, 0.3) is 11.1 Å². The monoisotopic (exact) mass is 770 g/mol. The van der Waals surface area contributed by atoms with Gasteiger partial charge < -0.3 is 4.74 Å². The zero-order valence-corrected chi connectivity index (χ0v) is 28.5. The summed E-state index contributed by atoms with van der Waals surface area (Å²) < 4.78 is 39.8. The van der Waals surface area contributed by atoms with E-state index in [0.29, 0.717) is 33.5 Å². The van der Waals surface area contributed by atoms with E-state index in [1.165, 1.54) is 33.4 Å². The van der Waals surface area contributed by atoms with Crippen molar-refractivity contribution >= 4 is 43.2 Å². The Morgan fingerprint density at radius 2 is 1.32 bits per heavy atom. The molecule has 0 radical (unpaired) electrons. The van der Waals surface area contributed by atoms with E-state index in [4.69, 9.17) is 4.74 Å². The molecule has 4 aromatic heterocycles. The number of ether oxygens (including phenoxy) is 1. The van der Waals surface area contributed by atoms with Crippen molar-refractivity contribution in [3.05, 3.63) is 125 Å². The highest BCUT2D eigenvalue weighted by molar-refractivity contribution is 9.10. The fourth-order valence-electron chi connectivity index (χ4n) is 5.53. The Kier molecular flexibility index (Phi) is 10.0. The highest BCUT2D eigenvalue weighted by atomic mass is 79.9. The minimum atomic E-state index is -0.327. The van der Waals surface area contributed by atoms with E-state index in [9.17, 15) is 18.4 Å². The molecule has 7 rings (SSSR count). The minimum Gasteiger partial charge on any atom is -0.381 e. The fourth-order valence-corrected chi connectivity index (χ4v) is 6.51. The van der Waals surface area contributed by atoms with Gasteiger partial charge in [-0.1, -0.05) is 31.2 Å². The molecule has 2 aromatic carbocycles. The Labute approximate surface area is 284 Å². The Hall–Kier alpha value is -4.08. The summed E-state index contributed by atoms with van der Waals surface area (Å²) in [7, 11) is 0. The zero-order chi connectivity index (χ0) is 33.1. The lowest BCUT2D eigenvalue weighted by Crippen LogP contribution is -2.25. The van der Waals surface area contributed by atoms with E-state index in [-0.39, 0.29) is 53.1 Å². The van der Waals surface area contributed by atoms with Crippen molar-refractivity contribution in [1.82, 2.24) is 38.3 Å². The van der Waals surface area contributed by atoms with E-state index in [1.807, 2.05) is 6.92 Å². The molecule has 0 spiro atoms. The summed E-state index contributed by atoms with van der Waals surface area (Å²) >= 11 is 6.86. The first-order chi connectivity index (χ1) is 22.7. The lowest BCUT2D eigenvalue weighted by Gasteiger charge is -2.20. The van der Waals surface area contributed by atoms with E-state index >= 15 is 0 Å². The Morgan fingerprint density at radius 3 is 1.87 bits per heavy atom. The first kappa shape index (κ1) is 32.8. The van der Waals surface area contributed by atoms with Crippen LogP contribution in [0.2, 0.25) is 0 Å². The fraction of sp³-hybridized carbons (Fsp3) is 0.312. The highest BCUT2D eigenvalue weighted by Gasteiger charge is 2.23. The molecule has 0 saturated carbocycles. The molecule has 6 aromatic rings. The molecule has 0 unspecified atom stereocenters. The standard InChI is InChI=1S/C17H16BrFN4O2.C15H14BrFN4O/c18-14-10-23-15(12-4-6-25-7-5-12)20-21-16(23)17(24)22(14)9-11-2-1-3-13(19)8-11;1-2-4-13-18-19-14-15(22)20(12(16)9-21(13)14)8-10-5-3-6-11(17)7-10/h1-3,8,10,12H,4-7,9H2;3,5-7,9H,2,4,8H2,1H3. The topological polar surface area (TPSA) is 114 Å². The SMILES string of the molecule is CCCc1nnc2c(=O)n(Cc3cccc(F)c3)c(Br)cn12.O=c1c2nnc(C3CCOCC3)n2cc(Br)n1Cc1cccc(F)c1. The summed E-state index contributed by atoms with van der Waals surface area (Å²) in [6.07, 6.45) is 6.99. The number of halogens is 4. The van der Waals surface area contributed by atoms with Gasteiger partial charge in [-0.3, -0.25) is 27.5 Å². The smallest absolute Gasteiger partial charge is 0.297 e. The number of rotatable bonds is 7. The summed E-state index contributed by atoms with van der Waals surface area (Å²) in [5.41, 5.74) is 1.46. The Bertz CT molecular complexity index is 2170. The van der Waals surface area contributed by atoms with E-state index in [0.717, 1.165) is 37.3 Å². The van der Waals surface area contributed by atoms with Gasteiger partial charge in [0.1, 0.15) is 32.5 Å². The average molecular weight is 772 g/mol. The van der Waals surface area contributed by atoms with Crippen LogP contribution < -0.4 is 11.1 Å². The second-order valence-electron chi connectivity index (χ2n) is 11.1. The first-order valence-corrected chi connectivity index (χ1v) is 16.7. The van der Waals surface area contributed by atoms with E-state index in [1.54, 1.807) is 45.5 Å². The molecule has 1 saturated heterocycles. The van der Waals surface area contributed by atoms with Crippen LogP contribution in [0, 0.1) is 11.6 Å². The number of hydrogen-bond donors (Lipinski definition) is 0. The van der Waals surface area contributed by atoms with E-state index in [2.05, 4.69) is 52.3 Å². The molecule has 5 heterocycles. The second-order valence-corrected chi connectivity index (χ2v) is 12.8. The van der Waals surface area contributed by atoms with Gasteiger partial charge in [-0.05, 0) is 86.5 Å². The summed E-state index contributed by atoms with van der Waals surface area (Å²) in [6, 6.07) is 12.4. The maximum absolute atomic E-state index is 13.4. The van der Waals surface area contributed by atoms with Crippen molar-refractivity contribution in [2.45, 2.75) is 51.6 Å². The second kappa shape index (κ2) is 14.4. The van der Waals surface area contributed by atoms with E-state index < -0.39 is 0 Å². The van der Waals surface area contributed by atoms with Gasteiger partial charge in [0.2, 0.25) is 11.3 Å². The molecule has 0 amide bonds. The third-order valence-electron chi connectivity index (χ3n) is 7.87. The van der Waals surface area contributed by atoms with Crippen molar-refractivity contribution in [3.8, 4) is 0 Å². The van der Waals surface area contributed by atoms with Crippen LogP contribution in [0.5, 0.6) is 0 Å². The third-order valence-corrected chi connectivity index (χ3v) is 9.13. The summed E-state index contributed by atoms with van der Waals surface area (Å²) in [4.78, 5) is 25.4. The normalized spacial score (nSPS) is 13.6. The van der Waals surface area contributed by atoms with Crippen LogP contribution in [0.15, 0.2) is 79.7 Å². The lowest BCUT2D eigenvalue weighted by molar-refractivity contribution is 0.0834. The molecule has 1 aliphatic heterocycles. The first-order valence-electron chi connectivity index (χ1n) is 15.1. The molecule has 0 atom stereocenters. The molecule has 1 fully saturated rings. The molecule has 0 bridgehead atoms. The van der Waals surface area contributed by atoms with Crippen LogP contribution in [-0.4, -0.2) is 51.5 Å². The van der Waals surface area contributed by atoms with Crippen molar-refractivity contribution in [3.63, 3.8) is 0 Å². The molecule has 11 nitrogen and oxygen atoms in total. The number of fused-ring (bicyclic) bond motifs is 2. The third kappa shape index (κ3) is 7.11. The highest BCUT2D eigenvalue weighted by Crippen LogP contribution is 2.26. The molecular weight excluding hydrogens is 742 g/mol. The van der Waals surface area contributed by atoms with Crippen molar-refractivity contribution in [2.75, 3.05) is 13.2 Å². The van der Waals surface area contributed by atoms with Crippen molar-refractivity contribution in [2.24, 2.45) is 0 Å². The minimum absolute atomic E-state index is 0.231. The summed E-state index contributed by atoms with van der Waals surface area (Å²) in [6.45, 7) is 3.95. The Morgan fingerprint density at radius 1 is 0.787 bits per heavy atom. The Balaban J connectivity index is 0.000000166. The van der Waals surface area contributed by atoms with Gasteiger partial charge in [0.05, 0.1) is 13.1 Å². The molecule has 0 aliphatic carbocycles. The zero-order valence-electron chi connectivity index (χ0n) is 25.3. The summed E-state index contributed by atoms with van der Waals surface area (Å²) in [5, 5.41) is 16.4. The number of aromatic nitrogens is 8. The van der Waals surface area contributed by atoms with Gasteiger partial charge in [0, 0.05) is 37.9 Å². The van der Waals surface area contributed by atoms with Crippen LogP contribution >= 0.6 is 31.9 Å². The van der Waals surface area contributed by atoms with Crippen LogP contribution in [0.25, 0.3) is 11.3 Å².